The van der Waals surface area contributed by atoms with Crippen molar-refractivity contribution in [2.24, 2.45) is 0 Å². The lowest BCUT2D eigenvalue weighted by atomic mass is 10.0. The number of hydrogen-bond acceptors (Lipinski definition) is 4. The molecule has 1 amide bonds. The van der Waals surface area contributed by atoms with Gasteiger partial charge in [0.25, 0.3) is 0 Å². The normalized spacial score (nSPS) is 17.5. The standard InChI is InChI=1S/C23H24N4O3S/c1-16(28)27-11-3-4-18-14-19(6-7-22(18)27)31(29,30)26-12-8-17(9-13-26)21-15-25-23-20(21)5-2-10-24-23/h2,5-8,10,14-15H,3-4,9,11-13H2,1H3,(H,24,25). The maximum absolute atomic E-state index is 13.3. The summed E-state index contributed by atoms with van der Waals surface area (Å²) < 4.78 is 28.1. The Balaban J connectivity index is 1.40. The summed E-state index contributed by atoms with van der Waals surface area (Å²) >= 11 is 0. The van der Waals surface area contributed by atoms with Crippen LogP contribution in [0.15, 0.2) is 53.7 Å². The minimum absolute atomic E-state index is 0.0160. The largest absolute Gasteiger partial charge is 0.346 e. The Hall–Kier alpha value is -2.97. The monoisotopic (exact) mass is 436 g/mol. The number of carbonyl (C=O) groups excluding carboxylic acids is 1. The van der Waals surface area contributed by atoms with Crippen LogP contribution in [0.4, 0.5) is 5.69 Å². The van der Waals surface area contributed by atoms with Crippen molar-refractivity contribution in [3.63, 3.8) is 0 Å². The van der Waals surface area contributed by atoms with E-state index in [-0.39, 0.29) is 5.91 Å². The Morgan fingerprint density at radius 3 is 2.81 bits per heavy atom. The Morgan fingerprint density at radius 1 is 1.16 bits per heavy atom. The highest BCUT2D eigenvalue weighted by atomic mass is 32.2. The molecule has 1 N–H and O–H groups in total. The van der Waals surface area contributed by atoms with E-state index < -0.39 is 10.0 Å². The number of nitrogens with one attached hydrogen (secondary N) is 1. The van der Waals surface area contributed by atoms with Crippen LogP contribution in [0.2, 0.25) is 0 Å². The zero-order valence-corrected chi connectivity index (χ0v) is 18.2. The Labute approximate surface area is 181 Å². The second-order valence-electron chi connectivity index (χ2n) is 8.01. The number of pyridine rings is 1. The number of carbonyl (C=O) groups is 1. The molecule has 160 valence electrons. The molecular weight excluding hydrogens is 412 g/mol. The van der Waals surface area contributed by atoms with Gasteiger partial charge in [-0.3, -0.25) is 4.79 Å². The van der Waals surface area contributed by atoms with Crippen molar-refractivity contribution < 1.29 is 13.2 Å². The number of rotatable bonds is 3. The number of fused-ring (bicyclic) bond motifs is 2. The van der Waals surface area contributed by atoms with Gasteiger partial charge in [-0.1, -0.05) is 6.08 Å². The number of benzene rings is 1. The molecule has 0 unspecified atom stereocenters. The summed E-state index contributed by atoms with van der Waals surface area (Å²) in [6, 6.07) is 9.07. The number of anilines is 1. The molecule has 2 aromatic heterocycles. The van der Waals surface area contributed by atoms with Crippen LogP contribution in [0, 0.1) is 0 Å². The van der Waals surface area contributed by atoms with Crippen LogP contribution in [0.5, 0.6) is 0 Å². The number of H-pyrrole nitrogens is 1. The van der Waals surface area contributed by atoms with Gasteiger partial charge in [-0.25, -0.2) is 13.4 Å². The third kappa shape index (κ3) is 3.45. The number of hydrogen-bond donors (Lipinski definition) is 1. The molecule has 0 aliphatic carbocycles. The summed E-state index contributed by atoms with van der Waals surface area (Å²) in [6.07, 6.45) is 7.95. The number of amides is 1. The van der Waals surface area contributed by atoms with E-state index in [1.807, 2.05) is 24.4 Å². The van der Waals surface area contributed by atoms with Crippen LogP contribution in [-0.4, -0.2) is 48.2 Å². The molecule has 3 aromatic rings. The van der Waals surface area contributed by atoms with E-state index in [0.29, 0.717) is 31.0 Å². The number of aromatic amines is 1. The third-order valence-corrected chi connectivity index (χ3v) is 8.02. The van der Waals surface area contributed by atoms with E-state index >= 15 is 0 Å². The maximum atomic E-state index is 13.3. The molecule has 0 bridgehead atoms. The maximum Gasteiger partial charge on any atom is 0.243 e. The predicted molar refractivity (Wildman–Crippen MR) is 120 cm³/mol. The molecule has 5 rings (SSSR count). The molecule has 0 fully saturated rings. The summed E-state index contributed by atoms with van der Waals surface area (Å²) in [4.78, 5) is 21.4. The fourth-order valence-corrected chi connectivity index (χ4v) is 5.98. The number of aromatic nitrogens is 2. The minimum atomic E-state index is -3.60. The zero-order valence-electron chi connectivity index (χ0n) is 17.3. The number of nitrogens with zero attached hydrogens (tertiary/aromatic N) is 3. The van der Waals surface area contributed by atoms with Crippen molar-refractivity contribution in [1.82, 2.24) is 14.3 Å². The average molecular weight is 437 g/mol. The zero-order chi connectivity index (χ0) is 21.6. The number of aryl methyl sites for hydroxylation is 1. The van der Waals surface area contributed by atoms with E-state index in [1.165, 1.54) is 4.31 Å². The van der Waals surface area contributed by atoms with Crippen molar-refractivity contribution >= 4 is 38.2 Å². The minimum Gasteiger partial charge on any atom is -0.346 e. The van der Waals surface area contributed by atoms with Gasteiger partial charge in [-0.2, -0.15) is 4.31 Å². The van der Waals surface area contributed by atoms with Crippen molar-refractivity contribution in [3.8, 4) is 0 Å². The fourth-order valence-electron chi connectivity index (χ4n) is 4.55. The highest BCUT2D eigenvalue weighted by Crippen LogP contribution is 2.33. The van der Waals surface area contributed by atoms with Gasteiger partial charge in [0, 0.05) is 55.6 Å². The SMILES string of the molecule is CC(=O)N1CCCc2cc(S(=O)(=O)N3CC=C(c4c[nH]c5ncccc45)CC3)ccc21. The second kappa shape index (κ2) is 7.62. The molecule has 0 atom stereocenters. The molecule has 2 aliphatic heterocycles. The summed E-state index contributed by atoms with van der Waals surface area (Å²) in [6.45, 7) is 2.98. The van der Waals surface area contributed by atoms with Crippen LogP contribution in [-0.2, 0) is 21.2 Å². The van der Waals surface area contributed by atoms with Gasteiger partial charge >= 0.3 is 0 Å². The average Bonchev–Trinajstić information content (AvgIpc) is 3.22. The molecule has 0 saturated heterocycles. The van der Waals surface area contributed by atoms with Gasteiger partial charge in [-0.05, 0) is 60.7 Å². The Kier molecular flexibility index (Phi) is 4.91. The Bertz CT molecular complexity index is 1310. The van der Waals surface area contributed by atoms with Crippen LogP contribution < -0.4 is 4.90 Å². The lowest BCUT2D eigenvalue weighted by Gasteiger charge is -2.30. The summed E-state index contributed by atoms with van der Waals surface area (Å²) in [7, 11) is -3.60. The van der Waals surface area contributed by atoms with E-state index in [1.54, 1.807) is 36.2 Å². The Morgan fingerprint density at radius 2 is 2.03 bits per heavy atom. The molecule has 8 heteroatoms. The summed E-state index contributed by atoms with van der Waals surface area (Å²) in [5.41, 5.74) is 4.79. The summed E-state index contributed by atoms with van der Waals surface area (Å²) in [5, 5.41) is 1.05. The van der Waals surface area contributed by atoms with Crippen molar-refractivity contribution in [3.05, 3.63) is 59.9 Å². The lowest BCUT2D eigenvalue weighted by molar-refractivity contribution is -0.116. The molecular formula is C23H24N4O3S. The van der Waals surface area contributed by atoms with Crippen molar-refractivity contribution in [2.45, 2.75) is 31.1 Å². The molecule has 7 nitrogen and oxygen atoms in total. The van der Waals surface area contributed by atoms with Gasteiger partial charge in [0.15, 0.2) is 0 Å². The summed E-state index contributed by atoms with van der Waals surface area (Å²) in [5.74, 6) is -0.0160. The van der Waals surface area contributed by atoms with E-state index in [0.717, 1.165) is 46.3 Å². The van der Waals surface area contributed by atoms with Crippen LogP contribution >= 0.6 is 0 Å². The van der Waals surface area contributed by atoms with E-state index in [9.17, 15) is 13.2 Å². The predicted octanol–water partition coefficient (Wildman–Crippen LogP) is 3.34. The van der Waals surface area contributed by atoms with Gasteiger partial charge < -0.3 is 9.88 Å². The molecule has 0 spiro atoms. The smallest absolute Gasteiger partial charge is 0.243 e. The van der Waals surface area contributed by atoms with Crippen molar-refractivity contribution in [2.75, 3.05) is 24.5 Å². The van der Waals surface area contributed by atoms with Crippen LogP contribution in [0.1, 0.15) is 30.9 Å². The first-order valence-electron chi connectivity index (χ1n) is 10.5. The first kappa shape index (κ1) is 20.0. The van der Waals surface area contributed by atoms with Crippen molar-refractivity contribution in [1.29, 1.82) is 0 Å². The third-order valence-electron chi connectivity index (χ3n) is 6.16. The van der Waals surface area contributed by atoms with E-state index in [4.69, 9.17) is 0 Å². The van der Waals surface area contributed by atoms with Crippen LogP contribution in [0.25, 0.3) is 16.6 Å². The number of sulfonamides is 1. The first-order valence-corrected chi connectivity index (χ1v) is 11.9. The van der Waals surface area contributed by atoms with Crippen LogP contribution in [0.3, 0.4) is 0 Å². The molecule has 1 aromatic carbocycles. The highest BCUT2D eigenvalue weighted by molar-refractivity contribution is 7.89. The molecule has 2 aliphatic rings. The molecule has 0 saturated carbocycles. The lowest BCUT2D eigenvalue weighted by Crippen LogP contribution is -2.35. The fraction of sp³-hybridized carbons (Fsp3) is 0.304. The second-order valence-corrected chi connectivity index (χ2v) is 9.95. The van der Waals surface area contributed by atoms with Gasteiger partial charge in [0.05, 0.1) is 4.90 Å². The van der Waals surface area contributed by atoms with Gasteiger partial charge in [-0.15, -0.1) is 0 Å². The van der Waals surface area contributed by atoms with Gasteiger partial charge in [0.2, 0.25) is 15.9 Å². The van der Waals surface area contributed by atoms with E-state index in [2.05, 4.69) is 9.97 Å². The molecule has 4 heterocycles. The molecule has 31 heavy (non-hydrogen) atoms. The quantitative estimate of drug-likeness (QED) is 0.682. The topological polar surface area (TPSA) is 86.4 Å². The van der Waals surface area contributed by atoms with Gasteiger partial charge in [0.1, 0.15) is 5.65 Å². The highest BCUT2D eigenvalue weighted by Gasteiger charge is 2.29. The molecule has 0 radical (unpaired) electrons. The first-order chi connectivity index (χ1) is 14.9.